The van der Waals surface area contributed by atoms with Crippen LogP contribution in [0, 0.1) is 0 Å². The first-order valence-electron chi connectivity index (χ1n) is 10.7. The molecule has 1 unspecified atom stereocenters. The van der Waals surface area contributed by atoms with E-state index in [2.05, 4.69) is 20.6 Å². The van der Waals surface area contributed by atoms with Crippen LogP contribution in [0.15, 0.2) is 42.6 Å². The highest BCUT2D eigenvalue weighted by atomic mass is 16.5. The zero-order valence-electron chi connectivity index (χ0n) is 18.2. The molecule has 2 aliphatic rings. The summed E-state index contributed by atoms with van der Waals surface area (Å²) in [6.07, 6.45) is 2.33. The summed E-state index contributed by atoms with van der Waals surface area (Å²) in [5.74, 6) is -0.427. The summed E-state index contributed by atoms with van der Waals surface area (Å²) in [7, 11) is 0. The van der Waals surface area contributed by atoms with Gasteiger partial charge in [0.05, 0.1) is 23.7 Å². The van der Waals surface area contributed by atoms with Crippen LogP contribution < -0.4 is 10.1 Å². The molecule has 1 aromatic carbocycles. The fraction of sp³-hybridized carbons (Fsp3) is 0.304. The number of amides is 3. The van der Waals surface area contributed by atoms with Crippen molar-refractivity contribution in [2.75, 3.05) is 0 Å². The number of imide groups is 1. The molecule has 3 amide bonds. The number of rotatable bonds is 5. The van der Waals surface area contributed by atoms with E-state index in [-0.39, 0.29) is 24.3 Å². The van der Waals surface area contributed by atoms with Crippen LogP contribution >= 0.6 is 0 Å². The monoisotopic (exact) mass is 446 g/mol. The zero-order valence-corrected chi connectivity index (χ0v) is 18.2. The molecule has 2 aliphatic heterocycles. The van der Waals surface area contributed by atoms with Crippen molar-refractivity contribution < 1.29 is 19.1 Å². The smallest absolute Gasteiger partial charge is 0.255 e. The molecule has 33 heavy (non-hydrogen) atoms. The summed E-state index contributed by atoms with van der Waals surface area (Å²) >= 11 is 0. The van der Waals surface area contributed by atoms with Crippen LogP contribution in [0.4, 0.5) is 0 Å². The molecular formula is C23H22N6O4. The number of carbonyl (C=O) groups is 3. The number of carbonyl (C=O) groups excluding carboxylic acids is 3. The number of aromatic nitrogens is 4. The minimum absolute atomic E-state index is 0.0114. The topological polar surface area (TPSA) is 119 Å². The first-order chi connectivity index (χ1) is 15.9. The number of pyridine rings is 1. The Bertz CT molecular complexity index is 1270. The standard InChI is InChI=1S/C23H22N6O4/c1-13(2)33-21-5-3-4-17(24-21)18-12-29(27-26-18)15-6-7-16-14(10-15)11-28(23(16)32)19-8-9-20(30)25-22(19)31/h3-7,10,12-13,19H,8-9,11H2,1-2H3,(H,25,30,31). The first kappa shape index (κ1) is 20.8. The molecule has 3 aromatic rings. The lowest BCUT2D eigenvalue weighted by Crippen LogP contribution is -2.52. The number of nitrogens with zero attached hydrogens (tertiary/aromatic N) is 5. The molecule has 2 aromatic heterocycles. The number of benzene rings is 1. The molecule has 168 valence electrons. The van der Waals surface area contributed by atoms with Crippen molar-refractivity contribution in [3.05, 3.63) is 53.7 Å². The van der Waals surface area contributed by atoms with Crippen molar-refractivity contribution in [1.29, 1.82) is 0 Å². The van der Waals surface area contributed by atoms with Gasteiger partial charge in [-0.05, 0) is 50.1 Å². The van der Waals surface area contributed by atoms with Crippen LogP contribution in [-0.2, 0) is 16.1 Å². The van der Waals surface area contributed by atoms with Crippen LogP contribution in [0.2, 0.25) is 0 Å². The van der Waals surface area contributed by atoms with Gasteiger partial charge in [0.15, 0.2) is 0 Å². The molecule has 4 heterocycles. The van der Waals surface area contributed by atoms with E-state index in [4.69, 9.17) is 4.74 Å². The molecule has 1 saturated heterocycles. The van der Waals surface area contributed by atoms with Gasteiger partial charge < -0.3 is 9.64 Å². The number of piperidine rings is 1. The highest BCUT2D eigenvalue weighted by Gasteiger charge is 2.39. The number of hydrogen-bond donors (Lipinski definition) is 1. The van der Waals surface area contributed by atoms with E-state index in [9.17, 15) is 14.4 Å². The van der Waals surface area contributed by atoms with E-state index in [1.807, 2.05) is 32.0 Å². The Labute approximate surface area is 189 Å². The Morgan fingerprint density at radius 2 is 1.97 bits per heavy atom. The third-order valence-corrected chi connectivity index (χ3v) is 5.61. The van der Waals surface area contributed by atoms with E-state index in [0.717, 1.165) is 11.3 Å². The molecule has 5 rings (SSSR count). The molecule has 10 nitrogen and oxygen atoms in total. The number of hydrogen-bond acceptors (Lipinski definition) is 7. The minimum Gasteiger partial charge on any atom is -0.475 e. The number of ether oxygens (including phenoxy) is 1. The van der Waals surface area contributed by atoms with Gasteiger partial charge in [-0.15, -0.1) is 5.10 Å². The van der Waals surface area contributed by atoms with Crippen LogP contribution in [0.25, 0.3) is 17.1 Å². The summed E-state index contributed by atoms with van der Waals surface area (Å²) in [4.78, 5) is 42.6. The Morgan fingerprint density at radius 1 is 1.12 bits per heavy atom. The van der Waals surface area contributed by atoms with Crippen molar-refractivity contribution in [1.82, 2.24) is 30.2 Å². The molecule has 0 saturated carbocycles. The van der Waals surface area contributed by atoms with Crippen LogP contribution in [0.5, 0.6) is 5.88 Å². The predicted octanol–water partition coefficient (Wildman–Crippen LogP) is 1.88. The average Bonchev–Trinajstić information content (AvgIpc) is 3.39. The second-order valence-corrected chi connectivity index (χ2v) is 8.32. The summed E-state index contributed by atoms with van der Waals surface area (Å²) in [5.41, 5.74) is 3.31. The maximum atomic E-state index is 12.9. The maximum Gasteiger partial charge on any atom is 0.255 e. The Morgan fingerprint density at radius 3 is 2.76 bits per heavy atom. The van der Waals surface area contributed by atoms with Gasteiger partial charge >= 0.3 is 0 Å². The zero-order chi connectivity index (χ0) is 23.1. The Hall–Kier alpha value is -4.08. The van der Waals surface area contributed by atoms with E-state index in [0.29, 0.717) is 35.8 Å². The van der Waals surface area contributed by atoms with Gasteiger partial charge in [0.25, 0.3) is 5.91 Å². The molecule has 0 radical (unpaired) electrons. The van der Waals surface area contributed by atoms with Crippen molar-refractivity contribution in [3.8, 4) is 23.0 Å². The maximum absolute atomic E-state index is 12.9. The normalized spacial score (nSPS) is 18.0. The number of nitrogens with one attached hydrogen (secondary N) is 1. The number of fused-ring (bicyclic) bond motifs is 1. The molecule has 1 fully saturated rings. The van der Waals surface area contributed by atoms with Crippen molar-refractivity contribution in [2.45, 2.75) is 45.4 Å². The molecule has 0 bridgehead atoms. The molecule has 1 N–H and O–H groups in total. The van der Waals surface area contributed by atoms with Gasteiger partial charge in [-0.2, -0.15) is 0 Å². The van der Waals surface area contributed by atoms with Crippen molar-refractivity contribution in [2.24, 2.45) is 0 Å². The molecule has 0 spiro atoms. The summed E-state index contributed by atoms with van der Waals surface area (Å²) in [6.45, 7) is 4.17. The second kappa shape index (κ2) is 8.12. The van der Waals surface area contributed by atoms with E-state index in [1.54, 1.807) is 29.1 Å². The van der Waals surface area contributed by atoms with Crippen molar-refractivity contribution in [3.63, 3.8) is 0 Å². The van der Waals surface area contributed by atoms with Gasteiger partial charge in [0.2, 0.25) is 17.7 Å². The Kier molecular flexibility index (Phi) is 5.12. The fourth-order valence-electron chi connectivity index (χ4n) is 4.08. The van der Waals surface area contributed by atoms with Gasteiger partial charge in [0.1, 0.15) is 11.7 Å². The molecule has 1 atom stereocenters. The highest BCUT2D eigenvalue weighted by molar-refractivity contribution is 6.05. The predicted molar refractivity (Wildman–Crippen MR) is 116 cm³/mol. The van der Waals surface area contributed by atoms with Gasteiger partial charge in [-0.25, -0.2) is 9.67 Å². The molecule has 10 heteroatoms. The summed E-state index contributed by atoms with van der Waals surface area (Å²) in [6, 6.07) is 10.2. The van der Waals surface area contributed by atoms with Crippen LogP contribution in [0.3, 0.4) is 0 Å². The highest BCUT2D eigenvalue weighted by Crippen LogP contribution is 2.29. The van der Waals surface area contributed by atoms with Gasteiger partial charge in [-0.3, -0.25) is 19.7 Å². The lowest BCUT2D eigenvalue weighted by molar-refractivity contribution is -0.136. The average molecular weight is 446 g/mol. The van der Waals surface area contributed by atoms with E-state index < -0.39 is 11.9 Å². The minimum atomic E-state index is -0.643. The van der Waals surface area contributed by atoms with E-state index >= 15 is 0 Å². The largest absolute Gasteiger partial charge is 0.475 e. The fourth-order valence-corrected chi connectivity index (χ4v) is 4.08. The van der Waals surface area contributed by atoms with Crippen LogP contribution in [0.1, 0.15) is 42.6 Å². The summed E-state index contributed by atoms with van der Waals surface area (Å²) < 4.78 is 7.27. The quantitative estimate of drug-likeness (QED) is 0.594. The third-order valence-electron chi connectivity index (χ3n) is 5.61. The molecule has 0 aliphatic carbocycles. The first-order valence-corrected chi connectivity index (χ1v) is 10.7. The van der Waals surface area contributed by atoms with E-state index in [1.165, 1.54) is 4.90 Å². The lowest BCUT2D eigenvalue weighted by Gasteiger charge is -2.29. The second-order valence-electron chi connectivity index (χ2n) is 8.32. The SMILES string of the molecule is CC(C)Oc1cccc(-c2cn(-c3ccc4c(c3)CN(C3CCC(=O)NC3=O)C4=O)nn2)n1. The van der Waals surface area contributed by atoms with Crippen LogP contribution in [-0.4, -0.2) is 54.7 Å². The van der Waals surface area contributed by atoms with Crippen molar-refractivity contribution >= 4 is 17.7 Å². The molecular weight excluding hydrogens is 424 g/mol. The summed E-state index contributed by atoms with van der Waals surface area (Å²) in [5, 5.41) is 10.8. The lowest BCUT2D eigenvalue weighted by atomic mass is 10.0. The Balaban J connectivity index is 1.38. The van der Waals surface area contributed by atoms with Gasteiger partial charge in [0, 0.05) is 24.6 Å². The van der Waals surface area contributed by atoms with Gasteiger partial charge in [-0.1, -0.05) is 11.3 Å². The third kappa shape index (κ3) is 3.95.